The van der Waals surface area contributed by atoms with E-state index in [1.807, 2.05) is 24.3 Å². The first-order valence-electron chi connectivity index (χ1n) is 5.17. The van der Waals surface area contributed by atoms with Crippen molar-refractivity contribution >= 4 is 18.7 Å². The number of benzene rings is 1. The van der Waals surface area contributed by atoms with Crippen molar-refractivity contribution < 1.29 is 9.53 Å². The maximum Gasteiger partial charge on any atom is 0.150 e. The molecule has 1 aromatic rings. The zero-order valence-corrected chi connectivity index (χ0v) is 10.0. The summed E-state index contributed by atoms with van der Waals surface area (Å²) in [5, 5.41) is 3.33. The summed E-state index contributed by atoms with van der Waals surface area (Å²) < 4.78 is 5.56. The number of carbonyl (C=O) groups excluding carboxylic acids is 1. The first-order chi connectivity index (χ1) is 7.32. The molecule has 1 N–H and O–H groups in total. The molecule has 3 nitrogen and oxygen atoms in total. The lowest BCUT2D eigenvalue weighted by Crippen LogP contribution is -2.39. The Morgan fingerprint density at radius 1 is 1.44 bits per heavy atom. The monoisotopic (exact) mass is 241 g/mol. The van der Waals surface area contributed by atoms with Gasteiger partial charge in [-0.05, 0) is 19.4 Å². The number of carbonyl (C=O) groups is 1. The second kappa shape index (κ2) is 5.43. The molecular weight excluding hydrogens is 226 g/mol. The van der Waals surface area contributed by atoms with Crippen LogP contribution in [0.4, 0.5) is 0 Å². The number of rotatable bonds is 3. The third-order valence-corrected chi connectivity index (χ3v) is 2.99. The van der Waals surface area contributed by atoms with Gasteiger partial charge < -0.3 is 4.74 Å². The molecule has 0 bridgehead atoms. The van der Waals surface area contributed by atoms with E-state index in [0.29, 0.717) is 5.56 Å². The van der Waals surface area contributed by atoms with Crippen LogP contribution in [0.2, 0.25) is 0 Å². The van der Waals surface area contributed by atoms with Crippen LogP contribution in [0.5, 0.6) is 0 Å². The summed E-state index contributed by atoms with van der Waals surface area (Å²) in [6.45, 7) is 0.932. The van der Waals surface area contributed by atoms with Crippen LogP contribution < -0.4 is 5.32 Å². The number of nitrogens with one attached hydrogen (secondary N) is 1. The number of ether oxygens (including phenoxy) is 1. The topological polar surface area (TPSA) is 38.3 Å². The van der Waals surface area contributed by atoms with Crippen LogP contribution in [0.15, 0.2) is 24.3 Å². The summed E-state index contributed by atoms with van der Waals surface area (Å²) in [5.41, 5.74) is 1.19. The minimum atomic E-state index is -0.461. The summed E-state index contributed by atoms with van der Waals surface area (Å²) in [6, 6.07) is 7.57. The second-order valence-electron chi connectivity index (χ2n) is 3.77. The molecule has 1 fully saturated rings. The lowest BCUT2D eigenvalue weighted by molar-refractivity contribution is -0.0290. The molecule has 2 rings (SSSR count). The minimum absolute atomic E-state index is 0. The first-order valence-corrected chi connectivity index (χ1v) is 5.17. The lowest BCUT2D eigenvalue weighted by Gasteiger charge is -2.29. The van der Waals surface area contributed by atoms with Gasteiger partial charge in [-0.1, -0.05) is 24.3 Å². The summed E-state index contributed by atoms with van der Waals surface area (Å²) >= 11 is 0. The maximum atomic E-state index is 11.0. The molecule has 4 heteroatoms. The molecule has 0 aliphatic carbocycles. The predicted molar refractivity (Wildman–Crippen MR) is 65.0 cm³/mol. The molecule has 0 aromatic heterocycles. The highest BCUT2D eigenvalue weighted by Crippen LogP contribution is 2.32. The number of aldehydes is 1. The molecule has 0 amide bonds. The Labute approximate surface area is 102 Å². The second-order valence-corrected chi connectivity index (χ2v) is 3.77. The molecular formula is C12H16ClNO2. The Morgan fingerprint density at radius 2 is 2.19 bits per heavy atom. The van der Waals surface area contributed by atoms with Crippen molar-refractivity contribution in [3.63, 3.8) is 0 Å². The molecule has 0 unspecified atom stereocenters. The SMILES string of the molecule is CO[C@]1(c2ccccc2C=O)CCCN1.Cl. The van der Waals surface area contributed by atoms with E-state index in [2.05, 4.69) is 5.32 Å². The molecule has 1 aromatic carbocycles. The van der Waals surface area contributed by atoms with Gasteiger partial charge in [0.25, 0.3) is 0 Å². The van der Waals surface area contributed by atoms with Gasteiger partial charge in [0.05, 0.1) is 0 Å². The van der Waals surface area contributed by atoms with E-state index in [0.717, 1.165) is 31.2 Å². The number of halogens is 1. The highest BCUT2D eigenvalue weighted by Gasteiger charge is 2.36. The average Bonchev–Trinajstić information content (AvgIpc) is 2.79. The van der Waals surface area contributed by atoms with Crippen molar-refractivity contribution in [2.24, 2.45) is 0 Å². The van der Waals surface area contributed by atoms with Gasteiger partial charge in [0.15, 0.2) is 0 Å². The standard InChI is InChI=1S/C12H15NO2.ClH/c1-15-12(7-4-8-13-12)11-6-3-2-5-10(11)9-14;/h2-3,5-6,9,13H,4,7-8H2,1H3;1H/t12-;/m0./s1. The Balaban J connectivity index is 0.00000128. The van der Waals surface area contributed by atoms with E-state index >= 15 is 0 Å². The van der Waals surface area contributed by atoms with Gasteiger partial charge in [-0.25, -0.2) is 0 Å². The highest BCUT2D eigenvalue weighted by molar-refractivity contribution is 5.85. The van der Waals surface area contributed by atoms with Gasteiger partial charge in [0.2, 0.25) is 0 Å². The molecule has 0 spiro atoms. The van der Waals surface area contributed by atoms with E-state index in [1.54, 1.807) is 7.11 Å². The van der Waals surface area contributed by atoms with Crippen molar-refractivity contribution in [1.29, 1.82) is 0 Å². The van der Waals surface area contributed by atoms with Crippen molar-refractivity contribution in [3.8, 4) is 0 Å². The van der Waals surface area contributed by atoms with Crippen molar-refractivity contribution in [3.05, 3.63) is 35.4 Å². The maximum absolute atomic E-state index is 11.0. The third-order valence-electron chi connectivity index (χ3n) is 2.99. The quantitative estimate of drug-likeness (QED) is 0.824. The van der Waals surface area contributed by atoms with Gasteiger partial charge >= 0.3 is 0 Å². The number of methoxy groups -OCH3 is 1. The Hall–Kier alpha value is -0.900. The van der Waals surface area contributed by atoms with E-state index in [9.17, 15) is 4.79 Å². The summed E-state index contributed by atoms with van der Waals surface area (Å²) in [6.07, 6.45) is 2.87. The van der Waals surface area contributed by atoms with Gasteiger partial charge in [0.1, 0.15) is 12.0 Å². The first kappa shape index (κ1) is 13.2. The Bertz CT molecular complexity index is 362. The molecule has 1 heterocycles. The summed E-state index contributed by atoms with van der Waals surface area (Å²) in [4.78, 5) is 11.0. The highest BCUT2D eigenvalue weighted by atomic mass is 35.5. The van der Waals surface area contributed by atoms with Crippen molar-refractivity contribution in [2.45, 2.75) is 18.6 Å². The summed E-state index contributed by atoms with van der Waals surface area (Å²) in [5.74, 6) is 0. The van der Waals surface area contributed by atoms with Gasteiger partial charge in [-0.3, -0.25) is 10.1 Å². The Kier molecular flexibility index (Phi) is 4.47. The van der Waals surface area contributed by atoms with Gasteiger partial charge in [-0.15, -0.1) is 12.4 Å². The lowest BCUT2D eigenvalue weighted by atomic mass is 9.96. The van der Waals surface area contributed by atoms with Crippen LogP contribution in [-0.2, 0) is 10.5 Å². The fraction of sp³-hybridized carbons (Fsp3) is 0.417. The Morgan fingerprint density at radius 3 is 2.75 bits per heavy atom. The molecule has 1 saturated heterocycles. The molecule has 0 saturated carbocycles. The van der Waals surface area contributed by atoms with E-state index in [4.69, 9.17) is 4.74 Å². The zero-order chi connectivity index (χ0) is 10.7. The van der Waals surface area contributed by atoms with Crippen molar-refractivity contribution in [2.75, 3.05) is 13.7 Å². The smallest absolute Gasteiger partial charge is 0.150 e. The number of hydrogen-bond acceptors (Lipinski definition) is 3. The summed E-state index contributed by atoms with van der Waals surface area (Å²) in [7, 11) is 1.68. The third kappa shape index (κ3) is 2.12. The zero-order valence-electron chi connectivity index (χ0n) is 9.23. The number of hydrogen-bond donors (Lipinski definition) is 1. The van der Waals surface area contributed by atoms with Crippen LogP contribution in [0, 0.1) is 0 Å². The van der Waals surface area contributed by atoms with Crippen LogP contribution in [0.25, 0.3) is 0 Å². The van der Waals surface area contributed by atoms with Crippen LogP contribution in [0.3, 0.4) is 0 Å². The van der Waals surface area contributed by atoms with Crippen LogP contribution >= 0.6 is 12.4 Å². The molecule has 88 valence electrons. The largest absolute Gasteiger partial charge is 0.360 e. The molecule has 16 heavy (non-hydrogen) atoms. The molecule has 1 aliphatic heterocycles. The van der Waals surface area contributed by atoms with Crippen LogP contribution in [-0.4, -0.2) is 19.9 Å². The molecule has 1 aliphatic rings. The molecule has 0 radical (unpaired) electrons. The fourth-order valence-electron chi connectivity index (χ4n) is 2.20. The molecule has 1 atom stereocenters. The predicted octanol–water partition coefficient (Wildman–Crippen LogP) is 2.10. The van der Waals surface area contributed by atoms with Gasteiger partial charge in [-0.2, -0.15) is 0 Å². The van der Waals surface area contributed by atoms with Crippen molar-refractivity contribution in [1.82, 2.24) is 5.32 Å². The van der Waals surface area contributed by atoms with E-state index in [1.165, 1.54) is 0 Å². The van der Waals surface area contributed by atoms with Gasteiger partial charge in [0, 0.05) is 18.2 Å². The fourth-order valence-corrected chi connectivity index (χ4v) is 2.20. The average molecular weight is 242 g/mol. The normalized spacial score (nSPS) is 23.8. The van der Waals surface area contributed by atoms with Crippen LogP contribution in [0.1, 0.15) is 28.8 Å². The van der Waals surface area contributed by atoms with E-state index in [-0.39, 0.29) is 12.4 Å². The van der Waals surface area contributed by atoms with E-state index < -0.39 is 5.72 Å². The minimum Gasteiger partial charge on any atom is -0.360 e.